The number of rotatable bonds is 1. The quantitative estimate of drug-likeness (QED) is 0.614. The van der Waals surface area contributed by atoms with Crippen LogP contribution in [0.3, 0.4) is 0 Å². The normalized spacial score (nSPS) is 26.3. The third-order valence-corrected chi connectivity index (χ3v) is 2.32. The van der Waals surface area contributed by atoms with E-state index in [4.69, 9.17) is 12.2 Å². The summed E-state index contributed by atoms with van der Waals surface area (Å²) >= 11 is 0. The molecule has 0 bridgehead atoms. The third kappa shape index (κ3) is 1.22. The monoisotopic (exact) mass is 157 g/mol. The van der Waals surface area contributed by atoms with Crippen molar-refractivity contribution in [2.24, 2.45) is 5.73 Å². The van der Waals surface area contributed by atoms with E-state index in [0.717, 1.165) is 12.0 Å². The molecule has 1 heteroatoms. The van der Waals surface area contributed by atoms with E-state index in [2.05, 4.69) is 18.1 Å². The molecule has 0 heterocycles. The van der Waals surface area contributed by atoms with Crippen LogP contribution in [-0.4, -0.2) is 6.04 Å². The summed E-state index contributed by atoms with van der Waals surface area (Å²) in [4.78, 5) is 0. The fourth-order valence-corrected chi connectivity index (χ4v) is 1.46. The van der Waals surface area contributed by atoms with Crippen LogP contribution >= 0.6 is 0 Å². The Labute approximate surface area is 72.6 Å². The summed E-state index contributed by atoms with van der Waals surface area (Å²) in [6.07, 6.45) is 6.40. The van der Waals surface area contributed by atoms with E-state index >= 15 is 0 Å². The van der Waals surface area contributed by atoms with Crippen molar-refractivity contribution >= 4 is 0 Å². The molecule has 0 unspecified atom stereocenters. The van der Waals surface area contributed by atoms with Crippen LogP contribution in [0.4, 0.5) is 0 Å². The Bertz CT molecular complexity index is 335. The van der Waals surface area contributed by atoms with Crippen molar-refractivity contribution in [3.05, 3.63) is 35.4 Å². The Morgan fingerprint density at radius 1 is 1.50 bits per heavy atom. The van der Waals surface area contributed by atoms with E-state index in [1.54, 1.807) is 0 Å². The molecule has 2 N–H and O–H groups in total. The number of benzene rings is 1. The fourth-order valence-electron chi connectivity index (χ4n) is 1.46. The minimum atomic E-state index is 0.359. The summed E-state index contributed by atoms with van der Waals surface area (Å²) in [5, 5.41) is 0. The van der Waals surface area contributed by atoms with E-state index < -0.39 is 0 Å². The number of nitrogens with two attached hydrogens (primary N) is 1. The van der Waals surface area contributed by atoms with Crippen molar-refractivity contribution < 1.29 is 0 Å². The molecule has 1 aromatic carbocycles. The van der Waals surface area contributed by atoms with Gasteiger partial charge in [-0.15, -0.1) is 6.42 Å². The van der Waals surface area contributed by atoms with Gasteiger partial charge < -0.3 is 5.73 Å². The van der Waals surface area contributed by atoms with Crippen LogP contribution in [0.5, 0.6) is 0 Å². The first-order chi connectivity index (χ1) is 5.81. The van der Waals surface area contributed by atoms with Crippen molar-refractivity contribution in [1.29, 1.82) is 0 Å². The van der Waals surface area contributed by atoms with Crippen LogP contribution in [0.1, 0.15) is 23.5 Å². The molecule has 1 nitrogen and oxygen atoms in total. The van der Waals surface area contributed by atoms with E-state index in [-0.39, 0.29) is 0 Å². The van der Waals surface area contributed by atoms with Gasteiger partial charge in [-0.25, -0.2) is 0 Å². The minimum Gasteiger partial charge on any atom is -0.327 e. The van der Waals surface area contributed by atoms with Crippen molar-refractivity contribution in [3.8, 4) is 12.3 Å². The highest BCUT2D eigenvalue weighted by atomic mass is 14.7. The van der Waals surface area contributed by atoms with Gasteiger partial charge in [-0.1, -0.05) is 18.1 Å². The summed E-state index contributed by atoms with van der Waals surface area (Å²) in [6, 6.07) is 8.45. The molecule has 12 heavy (non-hydrogen) atoms. The molecule has 0 saturated heterocycles. The number of hydrogen-bond donors (Lipinski definition) is 1. The highest BCUT2D eigenvalue weighted by molar-refractivity contribution is 5.39. The molecule has 2 rings (SSSR count). The summed E-state index contributed by atoms with van der Waals surface area (Å²) in [7, 11) is 0. The first kappa shape index (κ1) is 7.39. The maximum Gasteiger partial charge on any atom is 0.0245 e. The molecule has 1 aliphatic rings. The third-order valence-electron chi connectivity index (χ3n) is 2.32. The Hall–Kier alpha value is -1.26. The van der Waals surface area contributed by atoms with E-state index in [1.165, 1.54) is 5.56 Å². The second kappa shape index (κ2) is 2.66. The zero-order valence-corrected chi connectivity index (χ0v) is 6.83. The first-order valence-corrected chi connectivity index (χ1v) is 4.13. The van der Waals surface area contributed by atoms with Crippen LogP contribution in [-0.2, 0) is 0 Å². The molecular weight excluding hydrogens is 146 g/mol. The molecule has 1 aromatic rings. The lowest BCUT2D eigenvalue weighted by Gasteiger charge is -1.98. The van der Waals surface area contributed by atoms with Crippen molar-refractivity contribution in [1.82, 2.24) is 0 Å². The van der Waals surface area contributed by atoms with E-state index in [1.807, 2.05) is 12.1 Å². The number of hydrogen-bond acceptors (Lipinski definition) is 1. The molecule has 60 valence electrons. The average molecular weight is 157 g/mol. The maximum absolute atomic E-state index is 5.74. The first-order valence-electron chi connectivity index (χ1n) is 4.13. The Morgan fingerprint density at radius 3 is 2.83 bits per heavy atom. The predicted octanol–water partition coefficient (Wildman–Crippen LogP) is 1.48. The van der Waals surface area contributed by atoms with E-state index in [0.29, 0.717) is 12.0 Å². The smallest absolute Gasteiger partial charge is 0.0245 e. The van der Waals surface area contributed by atoms with Gasteiger partial charge in [0.25, 0.3) is 0 Å². The molecule has 1 fully saturated rings. The second-order valence-electron chi connectivity index (χ2n) is 3.28. The average Bonchev–Trinajstić information content (AvgIpc) is 2.83. The molecule has 0 radical (unpaired) electrons. The highest BCUT2D eigenvalue weighted by Crippen LogP contribution is 2.38. The van der Waals surface area contributed by atoms with Crippen LogP contribution in [0.2, 0.25) is 0 Å². The van der Waals surface area contributed by atoms with Gasteiger partial charge >= 0.3 is 0 Å². The topological polar surface area (TPSA) is 26.0 Å². The van der Waals surface area contributed by atoms with Crippen LogP contribution < -0.4 is 5.73 Å². The molecule has 0 spiro atoms. The summed E-state index contributed by atoms with van der Waals surface area (Å²) in [5.74, 6) is 3.18. The second-order valence-corrected chi connectivity index (χ2v) is 3.28. The van der Waals surface area contributed by atoms with Crippen molar-refractivity contribution in [2.45, 2.75) is 18.4 Å². The largest absolute Gasteiger partial charge is 0.327 e. The summed E-state index contributed by atoms with van der Waals surface area (Å²) < 4.78 is 0. The Balaban J connectivity index is 2.29. The highest BCUT2D eigenvalue weighted by Gasteiger charge is 2.34. The molecule has 0 amide bonds. The van der Waals surface area contributed by atoms with Crippen LogP contribution in [0, 0.1) is 12.3 Å². The van der Waals surface area contributed by atoms with Crippen molar-refractivity contribution in [3.63, 3.8) is 0 Å². The molecule has 0 aliphatic heterocycles. The molecule has 0 aromatic heterocycles. The van der Waals surface area contributed by atoms with Gasteiger partial charge in [-0.2, -0.15) is 0 Å². The maximum atomic E-state index is 5.74. The lowest BCUT2D eigenvalue weighted by molar-refractivity contribution is 0.990. The van der Waals surface area contributed by atoms with Gasteiger partial charge in [0.2, 0.25) is 0 Å². The zero-order chi connectivity index (χ0) is 8.55. The standard InChI is InChI=1S/C11H11N/c1-2-8-4-3-5-9(6-8)10-7-11(10)12/h1,3-6,10-11H,7,12H2/t10-,11+/m0/s1. The molecule has 2 atom stereocenters. The van der Waals surface area contributed by atoms with Gasteiger partial charge in [0, 0.05) is 17.5 Å². The summed E-state index contributed by atoms with van der Waals surface area (Å²) in [5.41, 5.74) is 7.98. The van der Waals surface area contributed by atoms with Crippen LogP contribution in [0.15, 0.2) is 24.3 Å². The summed E-state index contributed by atoms with van der Waals surface area (Å²) in [6.45, 7) is 0. The van der Waals surface area contributed by atoms with E-state index in [9.17, 15) is 0 Å². The predicted molar refractivity (Wildman–Crippen MR) is 49.7 cm³/mol. The lowest BCUT2D eigenvalue weighted by Crippen LogP contribution is -2.00. The molecular formula is C11H11N. The SMILES string of the molecule is C#Cc1cccc([C@@H]2C[C@H]2N)c1. The van der Waals surface area contributed by atoms with Crippen molar-refractivity contribution in [2.75, 3.05) is 0 Å². The Morgan fingerprint density at radius 2 is 2.25 bits per heavy atom. The molecule has 1 aliphatic carbocycles. The van der Waals surface area contributed by atoms with Gasteiger partial charge in [0.1, 0.15) is 0 Å². The van der Waals surface area contributed by atoms with Gasteiger partial charge in [0.15, 0.2) is 0 Å². The Kier molecular flexibility index (Phi) is 1.64. The van der Waals surface area contributed by atoms with Crippen LogP contribution in [0.25, 0.3) is 0 Å². The molecule has 1 saturated carbocycles. The zero-order valence-electron chi connectivity index (χ0n) is 6.83. The van der Waals surface area contributed by atoms with Gasteiger partial charge in [-0.3, -0.25) is 0 Å². The number of terminal acetylenes is 1. The lowest BCUT2D eigenvalue weighted by atomic mass is 10.1. The minimum absolute atomic E-state index is 0.359. The fraction of sp³-hybridized carbons (Fsp3) is 0.273. The van der Waals surface area contributed by atoms with Gasteiger partial charge in [0.05, 0.1) is 0 Å². The van der Waals surface area contributed by atoms with Gasteiger partial charge in [-0.05, 0) is 24.1 Å².